The highest BCUT2D eigenvalue weighted by atomic mass is 19.3. The summed E-state index contributed by atoms with van der Waals surface area (Å²) in [5.74, 6) is 0.601. The molecule has 0 saturated carbocycles. The molecule has 2 N–H and O–H groups in total. The van der Waals surface area contributed by atoms with Crippen LogP contribution in [0, 0.1) is 0 Å². The van der Waals surface area contributed by atoms with Crippen LogP contribution < -0.4 is 10.5 Å². The van der Waals surface area contributed by atoms with Gasteiger partial charge in [-0.2, -0.15) is 0 Å². The molecule has 4 heteroatoms. The molecule has 0 heterocycles. The van der Waals surface area contributed by atoms with Crippen LogP contribution in [-0.4, -0.2) is 19.6 Å². The summed E-state index contributed by atoms with van der Waals surface area (Å²) in [4.78, 5) is 0. The SMILES string of the molecule is COc1ccccc1CC(N)C(F)F. The Morgan fingerprint density at radius 3 is 2.57 bits per heavy atom. The topological polar surface area (TPSA) is 35.2 Å². The van der Waals surface area contributed by atoms with Crippen LogP contribution in [0.3, 0.4) is 0 Å². The fourth-order valence-electron chi connectivity index (χ4n) is 1.21. The highest BCUT2D eigenvalue weighted by Gasteiger charge is 2.17. The van der Waals surface area contributed by atoms with Gasteiger partial charge in [-0.3, -0.25) is 0 Å². The van der Waals surface area contributed by atoms with Crippen LogP contribution in [0.5, 0.6) is 5.75 Å². The van der Waals surface area contributed by atoms with E-state index in [-0.39, 0.29) is 6.42 Å². The van der Waals surface area contributed by atoms with Gasteiger partial charge in [0.2, 0.25) is 0 Å². The molecule has 0 bridgehead atoms. The summed E-state index contributed by atoms with van der Waals surface area (Å²) in [6, 6.07) is 5.90. The van der Waals surface area contributed by atoms with Gasteiger partial charge in [0.05, 0.1) is 13.2 Å². The van der Waals surface area contributed by atoms with Crippen molar-refractivity contribution >= 4 is 0 Å². The van der Waals surface area contributed by atoms with E-state index in [1.165, 1.54) is 7.11 Å². The van der Waals surface area contributed by atoms with Crippen molar-refractivity contribution in [2.24, 2.45) is 5.73 Å². The lowest BCUT2D eigenvalue weighted by molar-refractivity contribution is 0.115. The van der Waals surface area contributed by atoms with Gasteiger partial charge < -0.3 is 10.5 Å². The third kappa shape index (κ3) is 2.67. The molecule has 78 valence electrons. The second kappa shape index (κ2) is 4.91. The molecule has 0 spiro atoms. The smallest absolute Gasteiger partial charge is 0.253 e. The molecule has 14 heavy (non-hydrogen) atoms. The third-order valence-corrected chi connectivity index (χ3v) is 1.97. The van der Waals surface area contributed by atoms with Gasteiger partial charge in [0.15, 0.2) is 0 Å². The molecule has 1 aromatic carbocycles. The molecule has 0 fully saturated rings. The monoisotopic (exact) mass is 201 g/mol. The van der Waals surface area contributed by atoms with Gasteiger partial charge in [-0.15, -0.1) is 0 Å². The second-order valence-electron chi connectivity index (χ2n) is 3.01. The van der Waals surface area contributed by atoms with Crippen molar-refractivity contribution in [2.75, 3.05) is 7.11 Å². The van der Waals surface area contributed by atoms with Crippen LogP contribution in [0.25, 0.3) is 0 Å². The summed E-state index contributed by atoms with van der Waals surface area (Å²) >= 11 is 0. The van der Waals surface area contributed by atoms with Crippen LogP contribution in [0.2, 0.25) is 0 Å². The van der Waals surface area contributed by atoms with E-state index in [0.717, 1.165) is 0 Å². The molecule has 0 aromatic heterocycles. The number of ether oxygens (including phenoxy) is 1. The summed E-state index contributed by atoms with van der Waals surface area (Å²) in [7, 11) is 1.51. The largest absolute Gasteiger partial charge is 0.496 e. The first kappa shape index (κ1) is 10.9. The lowest BCUT2D eigenvalue weighted by Crippen LogP contribution is -2.31. The summed E-state index contributed by atoms with van der Waals surface area (Å²) in [5.41, 5.74) is 5.98. The van der Waals surface area contributed by atoms with Gasteiger partial charge in [-0.05, 0) is 18.1 Å². The fraction of sp³-hybridized carbons (Fsp3) is 0.400. The van der Waals surface area contributed by atoms with E-state index in [0.29, 0.717) is 11.3 Å². The van der Waals surface area contributed by atoms with Gasteiger partial charge in [0, 0.05) is 0 Å². The van der Waals surface area contributed by atoms with E-state index in [2.05, 4.69) is 0 Å². The minimum absolute atomic E-state index is 0.127. The molecule has 0 aliphatic heterocycles. The van der Waals surface area contributed by atoms with Gasteiger partial charge in [0.25, 0.3) is 6.43 Å². The number of benzene rings is 1. The first-order valence-electron chi connectivity index (χ1n) is 4.30. The van der Waals surface area contributed by atoms with E-state index in [9.17, 15) is 8.78 Å². The Balaban J connectivity index is 2.75. The molecular weight excluding hydrogens is 188 g/mol. The van der Waals surface area contributed by atoms with Crippen LogP contribution in [0.15, 0.2) is 24.3 Å². The van der Waals surface area contributed by atoms with Gasteiger partial charge in [-0.1, -0.05) is 18.2 Å². The second-order valence-corrected chi connectivity index (χ2v) is 3.01. The van der Waals surface area contributed by atoms with E-state index >= 15 is 0 Å². The maximum Gasteiger partial charge on any atom is 0.253 e. The molecule has 0 aliphatic carbocycles. The zero-order valence-corrected chi connectivity index (χ0v) is 7.91. The normalized spacial score (nSPS) is 12.9. The van der Waals surface area contributed by atoms with Crippen LogP contribution in [0.4, 0.5) is 8.78 Å². The number of hydrogen-bond acceptors (Lipinski definition) is 2. The molecule has 0 amide bonds. The van der Waals surface area contributed by atoms with Crippen molar-refractivity contribution in [1.82, 2.24) is 0 Å². The number of halogens is 2. The Morgan fingerprint density at radius 2 is 2.00 bits per heavy atom. The maximum atomic E-state index is 12.2. The summed E-state index contributed by atoms with van der Waals surface area (Å²) in [6.07, 6.45) is -2.37. The Hall–Kier alpha value is -1.16. The highest BCUT2D eigenvalue weighted by molar-refractivity contribution is 5.33. The van der Waals surface area contributed by atoms with E-state index in [1.54, 1.807) is 24.3 Å². The minimum Gasteiger partial charge on any atom is -0.496 e. The van der Waals surface area contributed by atoms with Crippen LogP contribution >= 0.6 is 0 Å². The highest BCUT2D eigenvalue weighted by Crippen LogP contribution is 2.19. The molecule has 0 radical (unpaired) electrons. The Morgan fingerprint density at radius 1 is 1.36 bits per heavy atom. The van der Waals surface area contributed by atoms with Crippen molar-refractivity contribution in [1.29, 1.82) is 0 Å². The van der Waals surface area contributed by atoms with Gasteiger partial charge >= 0.3 is 0 Å². The average Bonchev–Trinajstić information content (AvgIpc) is 2.18. The molecular formula is C10H13F2NO. The third-order valence-electron chi connectivity index (χ3n) is 1.97. The van der Waals surface area contributed by atoms with Crippen molar-refractivity contribution in [3.05, 3.63) is 29.8 Å². The predicted molar refractivity (Wildman–Crippen MR) is 50.7 cm³/mol. The van der Waals surface area contributed by atoms with Crippen LogP contribution in [-0.2, 0) is 6.42 Å². The first-order valence-corrected chi connectivity index (χ1v) is 4.30. The van der Waals surface area contributed by atoms with Crippen molar-refractivity contribution in [3.63, 3.8) is 0 Å². The maximum absolute atomic E-state index is 12.2. The number of para-hydroxylation sites is 1. The number of methoxy groups -OCH3 is 1. The van der Waals surface area contributed by atoms with Crippen molar-refractivity contribution in [2.45, 2.75) is 18.9 Å². The quantitative estimate of drug-likeness (QED) is 0.806. The molecule has 0 aliphatic rings. The minimum atomic E-state index is -2.50. The van der Waals surface area contributed by atoms with Crippen molar-refractivity contribution < 1.29 is 13.5 Å². The zero-order chi connectivity index (χ0) is 10.6. The predicted octanol–water partition coefficient (Wildman–Crippen LogP) is 1.83. The Labute approximate surface area is 81.7 Å². The number of nitrogens with two attached hydrogens (primary N) is 1. The molecule has 2 nitrogen and oxygen atoms in total. The lowest BCUT2D eigenvalue weighted by atomic mass is 10.1. The summed E-state index contributed by atoms with van der Waals surface area (Å²) in [5, 5.41) is 0. The standard InChI is InChI=1S/C10H13F2NO/c1-14-9-5-3-2-4-7(9)6-8(13)10(11)12/h2-5,8,10H,6,13H2,1H3. The summed E-state index contributed by atoms with van der Waals surface area (Å²) in [6.45, 7) is 0. The van der Waals surface area contributed by atoms with Crippen LogP contribution in [0.1, 0.15) is 5.56 Å². The molecule has 1 aromatic rings. The molecule has 1 unspecified atom stereocenters. The Kier molecular flexibility index (Phi) is 3.83. The molecule has 1 atom stereocenters. The fourth-order valence-corrected chi connectivity index (χ4v) is 1.21. The molecule has 0 saturated heterocycles. The number of alkyl halides is 2. The van der Waals surface area contributed by atoms with Gasteiger partial charge in [-0.25, -0.2) is 8.78 Å². The van der Waals surface area contributed by atoms with Gasteiger partial charge in [0.1, 0.15) is 5.75 Å². The lowest BCUT2D eigenvalue weighted by Gasteiger charge is -2.12. The average molecular weight is 201 g/mol. The Bertz CT molecular complexity index is 291. The van der Waals surface area contributed by atoms with E-state index < -0.39 is 12.5 Å². The van der Waals surface area contributed by atoms with E-state index in [4.69, 9.17) is 10.5 Å². The van der Waals surface area contributed by atoms with Crippen molar-refractivity contribution in [3.8, 4) is 5.75 Å². The van der Waals surface area contributed by atoms with E-state index in [1.807, 2.05) is 0 Å². The summed E-state index contributed by atoms with van der Waals surface area (Å²) < 4.78 is 29.4. The molecule has 1 rings (SSSR count). The zero-order valence-electron chi connectivity index (χ0n) is 7.91. The number of rotatable bonds is 4. The first-order chi connectivity index (χ1) is 6.65. The number of hydrogen-bond donors (Lipinski definition) is 1.